The van der Waals surface area contributed by atoms with E-state index in [4.69, 9.17) is 4.74 Å². The summed E-state index contributed by atoms with van der Waals surface area (Å²) in [5.74, 6) is 0.0711. The minimum atomic E-state index is -6.12. The third-order valence-corrected chi connectivity index (χ3v) is 7.22. The molecular formula is C11H19F3NO6S4-. The monoisotopic (exact) mass is 446 g/mol. The van der Waals surface area contributed by atoms with E-state index in [9.17, 15) is 34.8 Å². The summed E-state index contributed by atoms with van der Waals surface area (Å²) in [6.45, 7) is 1.25. The van der Waals surface area contributed by atoms with Crippen molar-refractivity contribution in [1.82, 2.24) is 0 Å². The van der Waals surface area contributed by atoms with E-state index >= 15 is 0 Å². The van der Waals surface area contributed by atoms with Crippen molar-refractivity contribution in [1.29, 1.82) is 0 Å². The van der Waals surface area contributed by atoms with Crippen LogP contribution in [0.1, 0.15) is 19.8 Å². The standard InChI is InChI=1S/C11H19F3NO6S4/c1-9(8-23-6-3-5-22)10(16)21-4-2-7-24(17,18)15-25(19,20)11(12,13)14/h9,22H,2-8H2,1H3/q-1. The first-order valence-corrected chi connectivity index (χ1v) is 11.8. The molecule has 14 heteroatoms. The molecule has 0 aliphatic heterocycles. The molecule has 0 saturated heterocycles. The van der Waals surface area contributed by atoms with E-state index in [1.54, 1.807) is 6.92 Å². The molecule has 0 bridgehead atoms. The van der Waals surface area contributed by atoms with Crippen LogP contribution in [-0.2, 0) is 29.6 Å². The quantitative estimate of drug-likeness (QED) is 0.278. The Hall–Kier alpha value is -0.180. The first kappa shape index (κ1) is 24.8. The number of rotatable bonds is 12. The summed E-state index contributed by atoms with van der Waals surface area (Å²) in [7, 11) is -11.0. The van der Waals surface area contributed by atoms with Gasteiger partial charge in [-0.1, -0.05) is 6.92 Å². The molecule has 150 valence electrons. The Morgan fingerprint density at radius 2 is 1.84 bits per heavy atom. The van der Waals surface area contributed by atoms with Gasteiger partial charge in [0.25, 0.3) is 0 Å². The topological polar surface area (TPSA) is 109 Å². The van der Waals surface area contributed by atoms with Gasteiger partial charge in [-0.05, 0) is 24.3 Å². The largest absolute Gasteiger partial charge is 0.480 e. The normalized spacial score (nSPS) is 14.3. The Morgan fingerprint density at radius 1 is 1.24 bits per heavy atom. The predicted molar refractivity (Wildman–Crippen MR) is 92.7 cm³/mol. The lowest BCUT2D eigenvalue weighted by atomic mass is 10.2. The zero-order chi connectivity index (χ0) is 19.7. The van der Waals surface area contributed by atoms with Gasteiger partial charge in [0.1, 0.15) is 0 Å². The second kappa shape index (κ2) is 10.8. The zero-order valence-electron chi connectivity index (χ0n) is 13.2. The highest BCUT2D eigenvalue weighted by Gasteiger charge is 2.40. The van der Waals surface area contributed by atoms with Gasteiger partial charge in [-0.25, -0.2) is 16.8 Å². The molecule has 0 N–H and O–H groups in total. The molecule has 0 amide bonds. The molecular weight excluding hydrogens is 427 g/mol. The maximum Gasteiger partial charge on any atom is 0.480 e. The van der Waals surface area contributed by atoms with Crippen LogP contribution in [0.5, 0.6) is 0 Å². The number of hydrogen-bond acceptors (Lipinski definition) is 8. The average molecular weight is 447 g/mol. The van der Waals surface area contributed by atoms with Gasteiger partial charge in [-0.2, -0.15) is 37.6 Å². The number of nitrogens with zero attached hydrogens (tertiary/aromatic N) is 1. The number of sulfonamides is 2. The van der Waals surface area contributed by atoms with Crippen molar-refractivity contribution in [2.45, 2.75) is 25.3 Å². The van der Waals surface area contributed by atoms with E-state index in [0.717, 1.165) is 17.9 Å². The number of thiol groups is 1. The van der Waals surface area contributed by atoms with Crippen LogP contribution in [0.2, 0.25) is 0 Å². The molecule has 0 fully saturated rings. The van der Waals surface area contributed by atoms with Crippen LogP contribution in [0.3, 0.4) is 0 Å². The van der Waals surface area contributed by atoms with Gasteiger partial charge in [-0.3, -0.25) is 4.79 Å². The van der Waals surface area contributed by atoms with Gasteiger partial charge >= 0.3 is 11.5 Å². The fraction of sp³-hybridized carbons (Fsp3) is 0.909. The van der Waals surface area contributed by atoms with Crippen LogP contribution in [0.25, 0.3) is 4.13 Å². The summed E-state index contributed by atoms with van der Waals surface area (Å²) in [6, 6.07) is 0. The van der Waals surface area contributed by atoms with Gasteiger partial charge in [-0.15, -0.1) is 0 Å². The lowest BCUT2D eigenvalue weighted by Crippen LogP contribution is -2.25. The fourth-order valence-corrected chi connectivity index (χ4v) is 4.97. The van der Waals surface area contributed by atoms with Gasteiger partial charge < -0.3 is 8.86 Å². The van der Waals surface area contributed by atoms with Crippen LogP contribution in [0.4, 0.5) is 13.2 Å². The van der Waals surface area contributed by atoms with Crippen LogP contribution >= 0.6 is 24.4 Å². The molecule has 0 aliphatic carbocycles. The number of carbonyl (C=O) groups is 1. The van der Waals surface area contributed by atoms with E-state index in [2.05, 4.69) is 12.6 Å². The number of carbonyl (C=O) groups excluding carboxylic acids is 1. The van der Waals surface area contributed by atoms with E-state index in [-0.39, 0.29) is 13.0 Å². The molecule has 0 aromatic rings. The zero-order valence-corrected chi connectivity index (χ0v) is 16.6. The Morgan fingerprint density at radius 3 is 2.36 bits per heavy atom. The molecule has 25 heavy (non-hydrogen) atoms. The first-order valence-electron chi connectivity index (χ1n) is 6.96. The smallest absolute Gasteiger partial charge is 0.465 e. The Kier molecular flexibility index (Phi) is 10.8. The number of ether oxygens (including phenoxy) is 1. The van der Waals surface area contributed by atoms with Gasteiger partial charge in [0.15, 0.2) is 10.0 Å². The average Bonchev–Trinajstić information content (AvgIpc) is 2.45. The van der Waals surface area contributed by atoms with Crippen molar-refractivity contribution in [3.8, 4) is 0 Å². The molecule has 0 aromatic heterocycles. The van der Waals surface area contributed by atoms with Crippen LogP contribution in [0, 0.1) is 5.92 Å². The third kappa shape index (κ3) is 10.5. The molecule has 1 unspecified atom stereocenters. The van der Waals surface area contributed by atoms with Crippen LogP contribution in [-0.4, -0.2) is 57.9 Å². The predicted octanol–water partition coefficient (Wildman–Crippen LogP) is 2.16. The number of thioether (sulfide) groups is 1. The molecule has 0 heterocycles. The summed E-state index contributed by atoms with van der Waals surface area (Å²) in [5, 5.41) is 0. The Balaban J connectivity index is 4.20. The van der Waals surface area contributed by atoms with Crippen molar-refractivity contribution in [2.75, 3.05) is 29.6 Å². The Labute approximate surface area is 155 Å². The van der Waals surface area contributed by atoms with E-state index in [0.29, 0.717) is 5.75 Å². The molecule has 0 rings (SSSR count). The van der Waals surface area contributed by atoms with Crippen molar-refractivity contribution >= 4 is 50.4 Å². The van der Waals surface area contributed by atoms with E-state index in [1.165, 1.54) is 11.8 Å². The second-order valence-corrected chi connectivity index (χ2v) is 10.0. The first-order chi connectivity index (χ1) is 11.3. The number of alkyl halides is 3. The Bertz CT molecular complexity index is 620. The summed E-state index contributed by atoms with van der Waals surface area (Å²) in [4.78, 5) is 11.6. The maximum atomic E-state index is 12.1. The lowest BCUT2D eigenvalue weighted by molar-refractivity contribution is -0.147. The summed E-state index contributed by atoms with van der Waals surface area (Å²) < 4.78 is 86.8. The summed E-state index contributed by atoms with van der Waals surface area (Å²) in [5.41, 5.74) is -5.79. The van der Waals surface area contributed by atoms with Gasteiger partial charge in [0, 0.05) is 11.5 Å². The highest BCUT2D eigenvalue weighted by Crippen LogP contribution is 2.30. The molecule has 1 atom stereocenters. The van der Waals surface area contributed by atoms with Crippen LogP contribution in [0.15, 0.2) is 0 Å². The molecule has 7 nitrogen and oxygen atoms in total. The molecule has 0 aliphatic rings. The fourth-order valence-electron chi connectivity index (χ4n) is 1.28. The number of hydrogen-bond donors (Lipinski definition) is 1. The van der Waals surface area contributed by atoms with Crippen molar-refractivity contribution < 1.29 is 39.5 Å². The van der Waals surface area contributed by atoms with Crippen molar-refractivity contribution in [3.63, 3.8) is 0 Å². The molecule has 0 spiro atoms. The third-order valence-electron chi connectivity index (χ3n) is 2.51. The minimum absolute atomic E-state index is 0.370. The summed E-state index contributed by atoms with van der Waals surface area (Å²) in [6.07, 6.45) is 0.516. The SMILES string of the molecule is CC(CSCCCS)C(=O)OCCCS(=O)(=O)[N-]S(=O)(=O)C(F)(F)F. The van der Waals surface area contributed by atoms with Crippen molar-refractivity contribution in [3.05, 3.63) is 4.13 Å². The lowest BCUT2D eigenvalue weighted by Gasteiger charge is -2.21. The number of esters is 1. The highest BCUT2D eigenvalue weighted by atomic mass is 32.3. The van der Waals surface area contributed by atoms with E-state index in [1.807, 2.05) is 4.13 Å². The minimum Gasteiger partial charge on any atom is -0.465 e. The molecule has 0 saturated carbocycles. The molecule has 0 aromatic carbocycles. The second-order valence-electron chi connectivity index (χ2n) is 4.86. The van der Waals surface area contributed by atoms with Crippen molar-refractivity contribution in [2.24, 2.45) is 5.92 Å². The van der Waals surface area contributed by atoms with Gasteiger partial charge in [0.2, 0.25) is 0 Å². The van der Waals surface area contributed by atoms with Crippen LogP contribution < -0.4 is 0 Å². The molecule has 0 radical (unpaired) electrons. The summed E-state index contributed by atoms with van der Waals surface area (Å²) >= 11 is 5.58. The number of halogens is 3. The highest BCUT2D eigenvalue weighted by molar-refractivity contribution is 8.12. The maximum absolute atomic E-state index is 12.1. The van der Waals surface area contributed by atoms with E-state index < -0.39 is 43.2 Å². The van der Waals surface area contributed by atoms with Gasteiger partial charge in [0.05, 0.1) is 22.5 Å².